The molecular weight excluding hydrogens is 352 g/mol. The molecule has 2 N–H and O–H groups in total. The van der Waals surface area contributed by atoms with E-state index in [2.05, 4.69) is 10.3 Å². The maximum absolute atomic E-state index is 12.4. The number of carbonyl (C=O) groups excluding carboxylic acids is 1. The summed E-state index contributed by atoms with van der Waals surface area (Å²) in [5.74, 6) is -1.57. The van der Waals surface area contributed by atoms with E-state index in [4.69, 9.17) is 5.11 Å². The van der Waals surface area contributed by atoms with E-state index >= 15 is 0 Å². The smallest absolute Gasteiger partial charge is 0.355 e. The quantitative estimate of drug-likeness (QED) is 0.832. The van der Waals surface area contributed by atoms with Crippen LogP contribution in [-0.4, -0.2) is 36.6 Å². The van der Waals surface area contributed by atoms with E-state index in [1.54, 1.807) is 13.8 Å². The maximum atomic E-state index is 12.4. The molecule has 0 atom stereocenters. The summed E-state index contributed by atoms with van der Waals surface area (Å²) in [6.45, 7) is 3.54. The van der Waals surface area contributed by atoms with Crippen molar-refractivity contribution in [3.05, 3.63) is 44.9 Å². The first-order valence-electron chi connectivity index (χ1n) is 6.87. The van der Waals surface area contributed by atoms with Crippen molar-refractivity contribution in [2.24, 2.45) is 0 Å². The Morgan fingerprint density at radius 3 is 2.50 bits per heavy atom. The number of hydrogen-bond acceptors (Lipinski definition) is 6. The van der Waals surface area contributed by atoms with Crippen molar-refractivity contribution >= 4 is 33.1 Å². The van der Waals surface area contributed by atoms with E-state index < -0.39 is 21.7 Å². The van der Waals surface area contributed by atoms with Gasteiger partial charge in [0, 0.05) is 17.2 Å². The van der Waals surface area contributed by atoms with Crippen LogP contribution >= 0.6 is 11.3 Å². The number of rotatable bonds is 5. The molecule has 0 saturated carbocycles. The van der Waals surface area contributed by atoms with Crippen LogP contribution in [0.25, 0.3) is 0 Å². The number of carboxylic acid groups (broad SMARTS) is 1. The minimum absolute atomic E-state index is 0.0678. The minimum Gasteiger partial charge on any atom is -0.476 e. The molecule has 2 aromatic rings. The Morgan fingerprint density at radius 2 is 1.96 bits per heavy atom. The number of aromatic carboxylic acids is 1. The van der Waals surface area contributed by atoms with Crippen molar-refractivity contribution in [3.8, 4) is 0 Å². The summed E-state index contributed by atoms with van der Waals surface area (Å²) < 4.78 is 23.4. The monoisotopic (exact) mass is 368 g/mol. The van der Waals surface area contributed by atoms with Gasteiger partial charge in [0.05, 0.1) is 11.4 Å². The van der Waals surface area contributed by atoms with Crippen LogP contribution in [-0.2, 0) is 16.4 Å². The number of thiazole rings is 1. The molecule has 1 aromatic carbocycles. The van der Waals surface area contributed by atoms with Crippen LogP contribution < -0.4 is 5.32 Å². The number of hydrogen-bond donors (Lipinski definition) is 2. The molecule has 0 aliphatic carbocycles. The molecule has 0 fully saturated rings. The van der Waals surface area contributed by atoms with Crippen LogP contribution in [0, 0.1) is 13.8 Å². The highest BCUT2D eigenvalue weighted by molar-refractivity contribution is 7.90. The summed E-state index contributed by atoms with van der Waals surface area (Å²) in [5.41, 5.74) is 1.58. The topological polar surface area (TPSA) is 113 Å². The Kier molecular flexibility index (Phi) is 5.05. The molecule has 24 heavy (non-hydrogen) atoms. The predicted molar refractivity (Wildman–Crippen MR) is 89.3 cm³/mol. The zero-order chi connectivity index (χ0) is 18.1. The van der Waals surface area contributed by atoms with Crippen LogP contribution in [0.3, 0.4) is 0 Å². The fourth-order valence-corrected chi connectivity index (χ4v) is 3.45. The number of nitrogens with zero attached hydrogens (tertiary/aromatic N) is 1. The molecule has 1 amide bonds. The lowest BCUT2D eigenvalue weighted by Gasteiger charge is -2.11. The SMILES string of the molecule is Cc1cc(S(C)(=O)=O)cc(C(=O)NCc2nc(C(=O)O)cs2)c1C. The summed E-state index contributed by atoms with van der Waals surface area (Å²) in [5, 5.41) is 13.3. The van der Waals surface area contributed by atoms with Gasteiger partial charge < -0.3 is 10.4 Å². The Balaban J connectivity index is 2.23. The predicted octanol–water partition coefficient (Wildman–Crippen LogP) is 1.79. The Labute approximate surface area is 143 Å². The van der Waals surface area contributed by atoms with Gasteiger partial charge in [0.25, 0.3) is 5.91 Å². The van der Waals surface area contributed by atoms with Crippen LogP contribution in [0.1, 0.15) is 37.0 Å². The van der Waals surface area contributed by atoms with E-state index in [1.807, 2.05) is 0 Å². The summed E-state index contributed by atoms with van der Waals surface area (Å²) >= 11 is 1.13. The molecule has 0 aliphatic rings. The summed E-state index contributed by atoms with van der Waals surface area (Å²) in [6.07, 6.45) is 1.09. The summed E-state index contributed by atoms with van der Waals surface area (Å²) in [6, 6.07) is 2.87. The highest BCUT2D eigenvalue weighted by Crippen LogP contribution is 2.20. The molecule has 2 rings (SSSR count). The number of amides is 1. The van der Waals surface area contributed by atoms with Crippen molar-refractivity contribution in [2.45, 2.75) is 25.3 Å². The van der Waals surface area contributed by atoms with Crippen molar-refractivity contribution < 1.29 is 23.1 Å². The molecule has 0 radical (unpaired) electrons. The van der Waals surface area contributed by atoms with E-state index in [0.717, 1.165) is 17.6 Å². The highest BCUT2D eigenvalue weighted by atomic mass is 32.2. The van der Waals surface area contributed by atoms with Crippen LogP contribution in [0.4, 0.5) is 0 Å². The second-order valence-corrected chi connectivity index (χ2v) is 8.26. The third-order valence-corrected chi connectivity index (χ3v) is 5.43. The standard InChI is InChI=1S/C15H16N2O5S2/c1-8-4-10(24(3,21)22)5-11(9(8)2)14(18)16-6-13-17-12(7-23-13)15(19)20/h4-5,7H,6H2,1-3H3,(H,16,18)(H,19,20). The Bertz CT molecular complexity index is 916. The average Bonchev–Trinajstić information content (AvgIpc) is 2.95. The number of aromatic nitrogens is 1. The molecule has 7 nitrogen and oxygen atoms in total. The Morgan fingerprint density at radius 1 is 1.29 bits per heavy atom. The normalized spacial score (nSPS) is 11.3. The first-order chi connectivity index (χ1) is 11.1. The highest BCUT2D eigenvalue weighted by Gasteiger charge is 2.17. The maximum Gasteiger partial charge on any atom is 0.355 e. The first kappa shape index (κ1) is 18.1. The van der Waals surface area contributed by atoms with Crippen molar-refractivity contribution in [1.82, 2.24) is 10.3 Å². The molecule has 0 aliphatic heterocycles. The first-order valence-corrected chi connectivity index (χ1v) is 9.64. The molecule has 128 valence electrons. The zero-order valence-corrected chi connectivity index (χ0v) is 14.9. The van der Waals surface area contributed by atoms with Crippen molar-refractivity contribution in [3.63, 3.8) is 0 Å². The van der Waals surface area contributed by atoms with Gasteiger partial charge in [-0.2, -0.15) is 0 Å². The lowest BCUT2D eigenvalue weighted by atomic mass is 10.0. The van der Waals surface area contributed by atoms with E-state index in [1.165, 1.54) is 17.5 Å². The van der Waals surface area contributed by atoms with Gasteiger partial charge in [-0.3, -0.25) is 4.79 Å². The zero-order valence-electron chi connectivity index (χ0n) is 13.3. The van der Waals surface area contributed by atoms with E-state index in [0.29, 0.717) is 16.1 Å². The lowest BCUT2D eigenvalue weighted by Crippen LogP contribution is -2.24. The van der Waals surface area contributed by atoms with Gasteiger partial charge in [-0.05, 0) is 37.1 Å². The van der Waals surface area contributed by atoms with Gasteiger partial charge in [-0.1, -0.05) is 0 Å². The largest absolute Gasteiger partial charge is 0.476 e. The second kappa shape index (κ2) is 6.70. The van der Waals surface area contributed by atoms with Crippen molar-refractivity contribution in [1.29, 1.82) is 0 Å². The lowest BCUT2D eigenvalue weighted by molar-refractivity contribution is 0.0691. The summed E-state index contributed by atoms with van der Waals surface area (Å²) in [4.78, 5) is 27.1. The van der Waals surface area contributed by atoms with Crippen LogP contribution in [0.2, 0.25) is 0 Å². The molecule has 0 unspecified atom stereocenters. The molecule has 1 heterocycles. The van der Waals surface area contributed by atoms with Crippen LogP contribution in [0.15, 0.2) is 22.4 Å². The summed E-state index contributed by atoms with van der Waals surface area (Å²) in [7, 11) is -3.43. The van der Waals surface area contributed by atoms with E-state index in [9.17, 15) is 18.0 Å². The average molecular weight is 368 g/mol. The Hall–Kier alpha value is -2.26. The number of carbonyl (C=O) groups is 2. The molecule has 0 bridgehead atoms. The minimum atomic E-state index is -3.43. The van der Waals surface area contributed by atoms with Gasteiger partial charge in [-0.15, -0.1) is 11.3 Å². The van der Waals surface area contributed by atoms with Crippen molar-refractivity contribution in [2.75, 3.05) is 6.26 Å². The number of aryl methyl sites for hydroxylation is 1. The molecule has 1 aromatic heterocycles. The number of nitrogens with one attached hydrogen (secondary N) is 1. The second-order valence-electron chi connectivity index (χ2n) is 5.30. The fraction of sp³-hybridized carbons (Fsp3) is 0.267. The van der Waals surface area contributed by atoms with Gasteiger partial charge in [0.15, 0.2) is 15.5 Å². The third kappa shape index (κ3) is 3.98. The number of sulfone groups is 1. The number of carboxylic acids is 1. The molecule has 0 saturated heterocycles. The molecule has 9 heteroatoms. The van der Waals surface area contributed by atoms with Gasteiger partial charge in [-0.25, -0.2) is 18.2 Å². The van der Waals surface area contributed by atoms with Crippen LogP contribution in [0.5, 0.6) is 0 Å². The molecule has 0 spiro atoms. The van der Waals surface area contributed by atoms with Gasteiger partial charge >= 0.3 is 5.97 Å². The van der Waals surface area contributed by atoms with E-state index in [-0.39, 0.29) is 22.7 Å². The number of benzene rings is 1. The third-order valence-electron chi connectivity index (χ3n) is 3.48. The molecular formula is C15H16N2O5S2. The van der Waals surface area contributed by atoms with Gasteiger partial charge in [0.1, 0.15) is 5.01 Å². The van der Waals surface area contributed by atoms with Gasteiger partial charge in [0.2, 0.25) is 0 Å². The fourth-order valence-electron chi connectivity index (χ4n) is 2.02.